The summed E-state index contributed by atoms with van der Waals surface area (Å²) in [6, 6.07) is 21.2. The molecule has 0 aliphatic carbocycles. The van der Waals surface area contributed by atoms with Crippen molar-refractivity contribution in [3.05, 3.63) is 88.9 Å². The average Bonchev–Trinajstić information content (AvgIpc) is 3.00. The molecule has 1 saturated heterocycles. The molecule has 0 unspecified atom stereocenters. The molecule has 0 aromatic heterocycles. The van der Waals surface area contributed by atoms with E-state index in [1.54, 1.807) is 30.3 Å². The Morgan fingerprint density at radius 3 is 2.38 bits per heavy atom. The van der Waals surface area contributed by atoms with Gasteiger partial charge in [0.25, 0.3) is 0 Å². The Labute approximate surface area is 247 Å². The summed E-state index contributed by atoms with van der Waals surface area (Å²) in [5.74, 6) is -1.86. The minimum absolute atomic E-state index is 0.138. The largest absolute Gasteiger partial charge is 0.467 e. The fraction of sp³-hybridized carbons (Fsp3) is 0.333. The third kappa shape index (κ3) is 7.84. The zero-order chi connectivity index (χ0) is 30.2. The number of aliphatic hydroxyl groups is 4. The molecule has 0 amide bonds. The van der Waals surface area contributed by atoms with Crippen molar-refractivity contribution in [2.45, 2.75) is 36.8 Å². The monoisotopic (exact) mass is 600 g/mol. The summed E-state index contributed by atoms with van der Waals surface area (Å²) in [6.45, 7) is 1.56. The van der Waals surface area contributed by atoms with E-state index in [-0.39, 0.29) is 5.56 Å². The van der Waals surface area contributed by atoms with Gasteiger partial charge in [-0.3, -0.25) is 0 Å². The molecular weight excluding hydrogens is 568 g/mol. The van der Waals surface area contributed by atoms with Crippen LogP contribution >= 0.6 is 11.6 Å². The zero-order valence-corrected chi connectivity index (χ0v) is 23.5. The maximum absolute atomic E-state index is 12.9. The van der Waals surface area contributed by atoms with Crippen LogP contribution in [0.25, 0.3) is 11.1 Å². The first kappa shape index (κ1) is 31.4. The van der Waals surface area contributed by atoms with Crippen LogP contribution in [0.2, 0.25) is 5.02 Å². The molecule has 42 heavy (non-hydrogen) atoms. The molecule has 1 fully saturated rings. The van der Waals surface area contributed by atoms with Crippen LogP contribution < -0.4 is 10.6 Å². The number of anilines is 1. The van der Waals surface area contributed by atoms with E-state index >= 15 is 0 Å². The SMILES string of the molecule is COC(=O)[C@H]1O[C@@H](OC(=O)c2cccc(-c3cccc(NCCNC[C@H](O)c4cccc(Cl)c4)c3)c2)[C@H](O)[C@@H](O)[C@@H]1O. The molecule has 12 heteroatoms. The van der Waals surface area contributed by atoms with Crippen LogP contribution in [0.15, 0.2) is 72.8 Å². The van der Waals surface area contributed by atoms with Crippen molar-refractivity contribution in [2.24, 2.45) is 0 Å². The smallest absolute Gasteiger partial charge is 0.340 e. The zero-order valence-electron chi connectivity index (χ0n) is 22.7. The second-order valence-electron chi connectivity index (χ2n) is 9.69. The van der Waals surface area contributed by atoms with Crippen molar-refractivity contribution in [3.63, 3.8) is 0 Å². The number of carbonyl (C=O) groups is 2. The summed E-state index contributed by atoms with van der Waals surface area (Å²) in [7, 11) is 1.07. The summed E-state index contributed by atoms with van der Waals surface area (Å²) < 4.78 is 15.0. The second kappa shape index (κ2) is 14.6. The van der Waals surface area contributed by atoms with Crippen molar-refractivity contribution in [1.82, 2.24) is 5.32 Å². The molecule has 1 aliphatic heterocycles. The van der Waals surface area contributed by atoms with E-state index in [1.807, 2.05) is 36.4 Å². The van der Waals surface area contributed by atoms with Gasteiger partial charge in [-0.25, -0.2) is 9.59 Å². The molecule has 0 spiro atoms. The lowest BCUT2D eigenvalue weighted by atomic mass is 9.99. The van der Waals surface area contributed by atoms with E-state index in [9.17, 15) is 30.0 Å². The maximum Gasteiger partial charge on any atom is 0.340 e. The fourth-order valence-electron chi connectivity index (χ4n) is 4.43. The Morgan fingerprint density at radius 2 is 1.64 bits per heavy atom. The van der Waals surface area contributed by atoms with Gasteiger partial charge in [0.2, 0.25) is 6.29 Å². The normalized spacial score (nSPS) is 22.7. The van der Waals surface area contributed by atoms with Crippen LogP contribution in [-0.2, 0) is 19.0 Å². The number of nitrogens with one attached hydrogen (secondary N) is 2. The minimum Gasteiger partial charge on any atom is -0.467 e. The molecule has 1 aliphatic rings. The van der Waals surface area contributed by atoms with Gasteiger partial charge in [-0.15, -0.1) is 0 Å². The highest BCUT2D eigenvalue weighted by Crippen LogP contribution is 2.26. The Balaban J connectivity index is 1.33. The number of hydrogen-bond donors (Lipinski definition) is 6. The molecule has 6 atom stereocenters. The van der Waals surface area contributed by atoms with Gasteiger partial charge in [-0.2, -0.15) is 0 Å². The molecule has 0 bridgehead atoms. The van der Waals surface area contributed by atoms with E-state index in [0.717, 1.165) is 23.9 Å². The molecule has 1 heterocycles. The molecule has 6 N–H and O–H groups in total. The molecular formula is C30H33ClN2O9. The number of esters is 2. The van der Waals surface area contributed by atoms with Crippen LogP contribution in [0.5, 0.6) is 0 Å². The van der Waals surface area contributed by atoms with Crippen molar-refractivity contribution in [3.8, 4) is 11.1 Å². The van der Waals surface area contributed by atoms with Gasteiger partial charge in [0.15, 0.2) is 6.10 Å². The minimum atomic E-state index is -1.80. The highest BCUT2D eigenvalue weighted by molar-refractivity contribution is 6.30. The van der Waals surface area contributed by atoms with Crippen molar-refractivity contribution >= 4 is 29.2 Å². The van der Waals surface area contributed by atoms with Gasteiger partial charge in [0.05, 0.1) is 18.8 Å². The molecule has 0 radical (unpaired) electrons. The van der Waals surface area contributed by atoms with Crippen LogP contribution in [0, 0.1) is 0 Å². The summed E-state index contributed by atoms with van der Waals surface area (Å²) in [5.41, 5.74) is 3.25. The van der Waals surface area contributed by atoms with Gasteiger partial charge >= 0.3 is 11.9 Å². The molecule has 11 nitrogen and oxygen atoms in total. The summed E-state index contributed by atoms with van der Waals surface area (Å²) in [5, 5.41) is 47.8. The predicted octanol–water partition coefficient (Wildman–Crippen LogP) is 1.88. The first-order valence-electron chi connectivity index (χ1n) is 13.2. The highest BCUT2D eigenvalue weighted by Gasteiger charge is 2.49. The van der Waals surface area contributed by atoms with E-state index in [4.69, 9.17) is 21.1 Å². The number of halogens is 1. The number of carbonyl (C=O) groups excluding carboxylic acids is 2. The van der Waals surface area contributed by atoms with Gasteiger partial charge < -0.3 is 45.3 Å². The number of methoxy groups -OCH3 is 1. The van der Waals surface area contributed by atoms with Crippen molar-refractivity contribution < 1.29 is 44.2 Å². The van der Waals surface area contributed by atoms with Crippen molar-refractivity contribution in [1.29, 1.82) is 0 Å². The average molecular weight is 601 g/mol. The Morgan fingerprint density at radius 1 is 0.929 bits per heavy atom. The van der Waals surface area contributed by atoms with E-state index in [0.29, 0.717) is 30.2 Å². The lowest BCUT2D eigenvalue weighted by molar-refractivity contribution is -0.279. The second-order valence-corrected chi connectivity index (χ2v) is 10.1. The Bertz CT molecular complexity index is 1370. The Kier molecular flexibility index (Phi) is 10.9. The van der Waals surface area contributed by atoms with E-state index in [2.05, 4.69) is 15.4 Å². The van der Waals surface area contributed by atoms with Crippen LogP contribution in [0.3, 0.4) is 0 Å². The molecule has 224 valence electrons. The van der Waals surface area contributed by atoms with Gasteiger partial charge in [-0.05, 0) is 53.1 Å². The lowest BCUT2D eigenvalue weighted by Crippen LogP contribution is -2.60. The first-order chi connectivity index (χ1) is 20.2. The molecule has 3 aromatic rings. The summed E-state index contributed by atoms with van der Waals surface area (Å²) in [4.78, 5) is 24.8. The molecule has 3 aromatic carbocycles. The summed E-state index contributed by atoms with van der Waals surface area (Å²) in [6.07, 6.45) is -9.38. The van der Waals surface area contributed by atoms with Gasteiger partial charge in [0, 0.05) is 30.3 Å². The van der Waals surface area contributed by atoms with Crippen molar-refractivity contribution in [2.75, 3.05) is 32.1 Å². The molecule has 4 rings (SSSR count). The Hall–Kier alpha value is -3.55. The van der Waals surface area contributed by atoms with Gasteiger partial charge in [-0.1, -0.05) is 48.0 Å². The van der Waals surface area contributed by atoms with Crippen LogP contribution in [-0.4, -0.2) is 89.8 Å². The van der Waals surface area contributed by atoms with Crippen LogP contribution in [0.4, 0.5) is 5.69 Å². The standard InChI is InChI=1S/C30H33ClN2O9/c1-40-29(39)27-25(36)24(35)26(37)30(41-27)42-28(38)20-8-2-5-17(13-20)18-6-4-10-22(15-18)33-12-11-32-16-23(34)19-7-3-9-21(31)14-19/h2-10,13-15,23-27,30,32-37H,11-12,16H2,1H3/t23-,24-,25-,26+,27-,30-/m0/s1. The predicted molar refractivity (Wildman–Crippen MR) is 154 cm³/mol. The third-order valence-corrected chi connectivity index (χ3v) is 6.96. The number of benzene rings is 3. The fourth-order valence-corrected chi connectivity index (χ4v) is 4.63. The number of hydrogen-bond acceptors (Lipinski definition) is 11. The number of rotatable bonds is 11. The quantitative estimate of drug-likeness (QED) is 0.140. The van der Waals surface area contributed by atoms with E-state index < -0.39 is 48.7 Å². The van der Waals surface area contributed by atoms with E-state index in [1.165, 1.54) is 6.07 Å². The number of aliphatic hydroxyl groups excluding tert-OH is 4. The van der Waals surface area contributed by atoms with Gasteiger partial charge in [0.1, 0.15) is 18.3 Å². The summed E-state index contributed by atoms with van der Waals surface area (Å²) >= 11 is 5.99. The first-order valence-corrected chi connectivity index (χ1v) is 13.6. The maximum atomic E-state index is 12.9. The highest BCUT2D eigenvalue weighted by atomic mass is 35.5. The number of ether oxygens (including phenoxy) is 3. The topological polar surface area (TPSA) is 167 Å². The molecule has 0 saturated carbocycles. The van der Waals surface area contributed by atoms with Crippen LogP contribution in [0.1, 0.15) is 22.0 Å². The lowest BCUT2D eigenvalue weighted by Gasteiger charge is -2.38. The third-order valence-electron chi connectivity index (χ3n) is 6.72.